The molecule has 4 heteroatoms. The summed E-state index contributed by atoms with van der Waals surface area (Å²) >= 11 is 0. The summed E-state index contributed by atoms with van der Waals surface area (Å²) in [6.07, 6.45) is -5.19. The summed E-state index contributed by atoms with van der Waals surface area (Å²) in [6, 6.07) is 6.07. The molecule has 0 saturated carbocycles. The molecule has 0 aliphatic heterocycles. The third-order valence-electron chi connectivity index (χ3n) is 2.46. The number of nitrogens with two attached hydrogens (primary N) is 1. The van der Waals surface area contributed by atoms with Crippen LogP contribution in [0.25, 0.3) is 0 Å². The van der Waals surface area contributed by atoms with Crippen LogP contribution in [-0.2, 0) is 0 Å². The largest absolute Gasteiger partial charge is 0.390 e. The molecule has 0 heterocycles. The number of alkyl halides is 3. The highest BCUT2D eigenvalue weighted by Gasteiger charge is 2.30. The van der Waals surface area contributed by atoms with E-state index in [1.54, 1.807) is 18.2 Å². The number of hydrogen-bond acceptors (Lipinski definition) is 1. The molecule has 0 amide bonds. The van der Waals surface area contributed by atoms with Gasteiger partial charge < -0.3 is 5.73 Å². The van der Waals surface area contributed by atoms with Gasteiger partial charge in [-0.05, 0) is 17.0 Å². The Morgan fingerprint density at radius 1 is 1.19 bits per heavy atom. The SMILES string of the molecule is CC(C)c1cccc([C@@H](N)CC(F)(F)F)c1. The Bertz CT molecular complexity index is 344. The van der Waals surface area contributed by atoms with Crippen molar-refractivity contribution in [2.45, 2.75) is 38.4 Å². The first kappa shape index (κ1) is 13.0. The van der Waals surface area contributed by atoms with Crippen molar-refractivity contribution in [2.24, 2.45) is 5.73 Å². The molecule has 0 aromatic heterocycles. The molecule has 0 radical (unpaired) electrons. The smallest absolute Gasteiger partial charge is 0.324 e. The van der Waals surface area contributed by atoms with Gasteiger partial charge in [0.2, 0.25) is 0 Å². The van der Waals surface area contributed by atoms with E-state index in [4.69, 9.17) is 5.73 Å². The predicted molar refractivity (Wildman–Crippen MR) is 58.1 cm³/mol. The molecular formula is C12H16F3N. The normalized spacial score (nSPS) is 14.2. The summed E-state index contributed by atoms with van der Waals surface area (Å²) in [5.41, 5.74) is 7.08. The van der Waals surface area contributed by atoms with Gasteiger partial charge in [-0.15, -0.1) is 0 Å². The molecule has 1 rings (SSSR count). The summed E-state index contributed by atoms with van der Waals surface area (Å²) in [4.78, 5) is 0. The molecule has 0 fully saturated rings. The van der Waals surface area contributed by atoms with E-state index >= 15 is 0 Å². The zero-order valence-electron chi connectivity index (χ0n) is 9.38. The van der Waals surface area contributed by atoms with Crippen LogP contribution >= 0.6 is 0 Å². The summed E-state index contributed by atoms with van der Waals surface area (Å²) < 4.78 is 36.5. The van der Waals surface area contributed by atoms with Gasteiger partial charge in [-0.25, -0.2) is 0 Å². The van der Waals surface area contributed by atoms with Crippen LogP contribution in [0.2, 0.25) is 0 Å². The van der Waals surface area contributed by atoms with Crippen LogP contribution in [0.1, 0.15) is 43.4 Å². The van der Waals surface area contributed by atoms with Gasteiger partial charge in [0, 0.05) is 6.04 Å². The first-order valence-electron chi connectivity index (χ1n) is 5.22. The minimum Gasteiger partial charge on any atom is -0.324 e. The average Bonchev–Trinajstić information content (AvgIpc) is 2.15. The topological polar surface area (TPSA) is 26.0 Å². The van der Waals surface area contributed by atoms with Crippen LogP contribution in [0.4, 0.5) is 13.2 Å². The number of hydrogen-bond donors (Lipinski definition) is 1. The van der Waals surface area contributed by atoms with Crippen LogP contribution in [-0.4, -0.2) is 6.18 Å². The van der Waals surface area contributed by atoms with Gasteiger partial charge in [0.1, 0.15) is 0 Å². The highest BCUT2D eigenvalue weighted by Crippen LogP contribution is 2.29. The lowest BCUT2D eigenvalue weighted by Gasteiger charge is -2.16. The molecule has 1 nitrogen and oxygen atoms in total. The van der Waals surface area contributed by atoms with Crippen molar-refractivity contribution in [3.8, 4) is 0 Å². The van der Waals surface area contributed by atoms with Crippen molar-refractivity contribution < 1.29 is 13.2 Å². The van der Waals surface area contributed by atoms with E-state index in [1.165, 1.54) is 0 Å². The second-order valence-corrected chi connectivity index (χ2v) is 4.25. The van der Waals surface area contributed by atoms with E-state index in [0.717, 1.165) is 5.56 Å². The van der Waals surface area contributed by atoms with Crippen LogP contribution in [0, 0.1) is 0 Å². The standard InChI is InChI=1S/C12H16F3N/c1-8(2)9-4-3-5-10(6-9)11(16)7-12(13,14)15/h3-6,8,11H,7,16H2,1-2H3/t11-/m0/s1. The van der Waals surface area contributed by atoms with Gasteiger partial charge in [-0.1, -0.05) is 38.1 Å². The maximum absolute atomic E-state index is 12.2. The van der Waals surface area contributed by atoms with E-state index < -0.39 is 18.6 Å². The van der Waals surface area contributed by atoms with E-state index in [2.05, 4.69) is 0 Å². The number of halogens is 3. The Kier molecular flexibility index (Phi) is 3.97. The van der Waals surface area contributed by atoms with Crippen molar-refractivity contribution in [1.29, 1.82) is 0 Å². The zero-order valence-corrected chi connectivity index (χ0v) is 9.38. The van der Waals surface area contributed by atoms with Crippen LogP contribution in [0.15, 0.2) is 24.3 Å². The fourth-order valence-corrected chi connectivity index (χ4v) is 1.52. The molecule has 1 aromatic rings. The van der Waals surface area contributed by atoms with Crippen molar-refractivity contribution in [2.75, 3.05) is 0 Å². The highest BCUT2D eigenvalue weighted by molar-refractivity contribution is 5.27. The summed E-state index contributed by atoms with van der Waals surface area (Å²) in [5, 5.41) is 0. The summed E-state index contributed by atoms with van der Waals surface area (Å²) in [6.45, 7) is 3.99. The Balaban J connectivity index is 2.83. The molecule has 2 N–H and O–H groups in total. The molecule has 0 aliphatic carbocycles. The number of benzene rings is 1. The van der Waals surface area contributed by atoms with Crippen molar-refractivity contribution in [3.63, 3.8) is 0 Å². The molecule has 0 bridgehead atoms. The molecular weight excluding hydrogens is 215 g/mol. The lowest BCUT2D eigenvalue weighted by molar-refractivity contribution is -0.138. The maximum Gasteiger partial charge on any atom is 0.390 e. The molecule has 1 atom stereocenters. The lowest BCUT2D eigenvalue weighted by atomic mass is 9.97. The van der Waals surface area contributed by atoms with Gasteiger partial charge in [-0.2, -0.15) is 13.2 Å². The molecule has 16 heavy (non-hydrogen) atoms. The third-order valence-corrected chi connectivity index (χ3v) is 2.46. The third kappa shape index (κ3) is 3.85. The second kappa shape index (κ2) is 4.87. The fourth-order valence-electron chi connectivity index (χ4n) is 1.52. The van der Waals surface area contributed by atoms with Gasteiger partial charge in [0.15, 0.2) is 0 Å². The van der Waals surface area contributed by atoms with E-state index in [-0.39, 0.29) is 5.92 Å². The Labute approximate surface area is 93.5 Å². The first-order valence-corrected chi connectivity index (χ1v) is 5.22. The quantitative estimate of drug-likeness (QED) is 0.842. The minimum absolute atomic E-state index is 0.290. The van der Waals surface area contributed by atoms with Gasteiger partial charge in [-0.3, -0.25) is 0 Å². The zero-order chi connectivity index (χ0) is 12.3. The monoisotopic (exact) mass is 231 g/mol. The van der Waals surface area contributed by atoms with Crippen molar-refractivity contribution in [3.05, 3.63) is 35.4 Å². The first-order chi connectivity index (χ1) is 7.29. The van der Waals surface area contributed by atoms with Crippen LogP contribution in [0.5, 0.6) is 0 Å². The molecule has 0 saturated heterocycles. The fraction of sp³-hybridized carbons (Fsp3) is 0.500. The predicted octanol–water partition coefficient (Wildman–Crippen LogP) is 3.76. The highest BCUT2D eigenvalue weighted by atomic mass is 19.4. The van der Waals surface area contributed by atoms with Gasteiger partial charge in [0.25, 0.3) is 0 Å². The van der Waals surface area contributed by atoms with Crippen molar-refractivity contribution in [1.82, 2.24) is 0 Å². The molecule has 90 valence electrons. The Morgan fingerprint density at radius 2 is 1.75 bits per heavy atom. The average molecular weight is 231 g/mol. The molecule has 1 aromatic carbocycles. The molecule has 0 unspecified atom stereocenters. The molecule has 0 spiro atoms. The van der Waals surface area contributed by atoms with Crippen LogP contribution in [0.3, 0.4) is 0 Å². The second-order valence-electron chi connectivity index (χ2n) is 4.25. The van der Waals surface area contributed by atoms with E-state index in [9.17, 15) is 13.2 Å². The van der Waals surface area contributed by atoms with E-state index in [1.807, 2.05) is 19.9 Å². The molecule has 0 aliphatic rings. The van der Waals surface area contributed by atoms with Gasteiger partial charge >= 0.3 is 6.18 Å². The van der Waals surface area contributed by atoms with Crippen molar-refractivity contribution >= 4 is 0 Å². The number of rotatable bonds is 3. The Hall–Kier alpha value is -1.03. The maximum atomic E-state index is 12.2. The minimum atomic E-state index is -4.22. The summed E-state index contributed by atoms with van der Waals surface area (Å²) in [5.74, 6) is 0.290. The lowest BCUT2D eigenvalue weighted by Crippen LogP contribution is -2.20. The van der Waals surface area contributed by atoms with Gasteiger partial charge in [0.05, 0.1) is 6.42 Å². The summed E-state index contributed by atoms with van der Waals surface area (Å²) in [7, 11) is 0. The Morgan fingerprint density at radius 3 is 2.25 bits per heavy atom. The van der Waals surface area contributed by atoms with E-state index in [0.29, 0.717) is 5.56 Å². The van der Waals surface area contributed by atoms with Crippen LogP contribution < -0.4 is 5.73 Å².